The number of amides is 1. The van der Waals surface area contributed by atoms with Crippen LogP contribution in [0, 0.1) is 11.8 Å². The van der Waals surface area contributed by atoms with Crippen LogP contribution in [0.4, 0.5) is 0 Å². The molecule has 3 aliphatic rings. The highest BCUT2D eigenvalue weighted by molar-refractivity contribution is 6.22. The van der Waals surface area contributed by atoms with Crippen molar-refractivity contribution in [3.8, 4) is 16.9 Å². The predicted molar refractivity (Wildman–Crippen MR) is 137 cm³/mol. The maximum absolute atomic E-state index is 13.6. The standard InChI is InChI=1S/C29H27NO9/c1-39-21(33)8-5-13-3-2-4-14(9-13)17-6-7-19(31)23-18(17)11-15-10-16-12-20(32)24(28(30)37)27(36)29(16,38)26(35)22(15)25(23)34/h2-4,6-7,9,15-16,31,34,36,38H,5,8,10-12H2,1H3,(H2,30,37)/t15-,16+,29+/m1/s1. The molecule has 202 valence electrons. The number of Topliss-reactive ketones (excluding diaryl/α,β-unsaturated/α-hetero) is 2. The van der Waals surface area contributed by atoms with Gasteiger partial charge in [0.1, 0.15) is 22.8 Å². The quantitative estimate of drug-likeness (QED) is 0.284. The van der Waals surface area contributed by atoms with Crippen molar-refractivity contribution in [1.82, 2.24) is 0 Å². The van der Waals surface area contributed by atoms with E-state index in [1.807, 2.05) is 24.3 Å². The number of aryl methyl sites for hydroxylation is 1. The lowest BCUT2D eigenvalue weighted by molar-refractivity contribution is -0.147. The highest BCUT2D eigenvalue weighted by atomic mass is 16.5. The lowest BCUT2D eigenvalue weighted by atomic mass is 9.59. The first-order chi connectivity index (χ1) is 18.5. The molecule has 0 heterocycles. The van der Waals surface area contributed by atoms with Gasteiger partial charge in [0.05, 0.1) is 12.7 Å². The van der Waals surface area contributed by atoms with Gasteiger partial charge < -0.3 is 30.9 Å². The number of carbonyl (C=O) groups is 4. The second kappa shape index (κ2) is 9.39. The third-order valence-electron chi connectivity index (χ3n) is 8.03. The van der Waals surface area contributed by atoms with Crippen molar-refractivity contribution in [2.24, 2.45) is 17.6 Å². The molecule has 10 heteroatoms. The summed E-state index contributed by atoms with van der Waals surface area (Å²) in [4.78, 5) is 49.6. The van der Waals surface area contributed by atoms with E-state index in [1.54, 1.807) is 6.07 Å². The van der Waals surface area contributed by atoms with Gasteiger partial charge in [-0.25, -0.2) is 0 Å². The third kappa shape index (κ3) is 3.99. The molecule has 0 aliphatic heterocycles. The predicted octanol–water partition coefficient (Wildman–Crippen LogP) is 2.20. The molecule has 1 amide bonds. The molecule has 0 aromatic heterocycles. The number of esters is 1. The Morgan fingerprint density at radius 1 is 1.10 bits per heavy atom. The normalized spacial score (nSPS) is 24.2. The number of hydrogen-bond donors (Lipinski definition) is 5. The Morgan fingerprint density at radius 2 is 1.85 bits per heavy atom. The van der Waals surface area contributed by atoms with Crippen LogP contribution in [0.3, 0.4) is 0 Å². The van der Waals surface area contributed by atoms with E-state index in [-0.39, 0.29) is 48.5 Å². The molecule has 3 atom stereocenters. The maximum atomic E-state index is 13.6. The molecule has 0 spiro atoms. The van der Waals surface area contributed by atoms with Crippen LogP contribution in [0.5, 0.6) is 5.75 Å². The van der Waals surface area contributed by atoms with Gasteiger partial charge in [0.2, 0.25) is 5.78 Å². The van der Waals surface area contributed by atoms with Crippen molar-refractivity contribution in [2.75, 3.05) is 7.11 Å². The van der Waals surface area contributed by atoms with Gasteiger partial charge in [-0.2, -0.15) is 0 Å². The number of nitrogens with two attached hydrogens (primary N) is 1. The lowest BCUT2D eigenvalue weighted by Gasteiger charge is -2.46. The summed E-state index contributed by atoms with van der Waals surface area (Å²) in [7, 11) is 1.32. The summed E-state index contributed by atoms with van der Waals surface area (Å²) >= 11 is 0. The van der Waals surface area contributed by atoms with E-state index in [9.17, 15) is 39.6 Å². The first-order valence-electron chi connectivity index (χ1n) is 12.5. The molecule has 0 saturated heterocycles. The zero-order valence-electron chi connectivity index (χ0n) is 21.1. The minimum absolute atomic E-state index is 0.0274. The number of primary amides is 1. The van der Waals surface area contributed by atoms with Crippen molar-refractivity contribution < 1.29 is 44.3 Å². The number of aliphatic hydroxyl groups excluding tert-OH is 2. The van der Waals surface area contributed by atoms with E-state index in [0.717, 1.165) is 11.1 Å². The fraction of sp³-hybridized carbons (Fsp3) is 0.310. The number of ketones is 2. The van der Waals surface area contributed by atoms with Crippen LogP contribution in [0.25, 0.3) is 16.9 Å². The Bertz CT molecular complexity index is 1520. The van der Waals surface area contributed by atoms with Gasteiger partial charge in [-0.05, 0) is 53.5 Å². The first kappa shape index (κ1) is 26.2. The van der Waals surface area contributed by atoms with Crippen LogP contribution in [-0.2, 0) is 36.8 Å². The SMILES string of the molecule is COC(=O)CCc1cccc(-c2ccc(O)c3c2C[C@H]2C[C@H]4CC(=O)C(C(N)=O)=C(O)[C@@]4(O)C(=O)C2=C3O)c1. The van der Waals surface area contributed by atoms with Gasteiger partial charge in [-0.3, -0.25) is 19.2 Å². The van der Waals surface area contributed by atoms with Gasteiger partial charge in [-0.1, -0.05) is 30.3 Å². The fourth-order valence-electron chi connectivity index (χ4n) is 6.13. The van der Waals surface area contributed by atoms with Crippen molar-refractivity contribution in [2.45, 2.75) is 37.7 Å². The number of fused-ring (bicyclic) bond motifs is 3. The average molecular weight is 534 g/mol. The highest BCUT2D eigenvalue weighted by Crippen LogP contribution is 2.53. The topological polar surface area (TPSA) is 184 Å². The minimum Gasteiger partial charge on any atom is -0.508 e. The van der Waals surface area contributed by atoms with Crippen LogP contribution in [0.15, 0.2) is 53.3 Å². The van der Waals surface area contributed by atoms with Gasteiger partial charge in [0.25, 0.3) is 5.91 Å². The van der Waals surface area contributed by atoms with Gasteiger partial charge in [0.15, 0.2) is 11.4 Å². The zero-order valence-corrected chi connectivity index (χ0v) is 21.1. The number of carbonyl (C=O) groups excluding carboxylic acids is 4. The molecule has 0 bridgehead atoms. The summed E-state index contributed by atoms with van der Waals surface area (Å²) in [6.45, 7) is 0. The van der Waals surface area contributed by atoms with Crippen molar-refractivity contribution in [1.29, 1.82) is 0 Å². The molecule has 2 aromatic rings. The number of phenolic OH excluding ortho intramolecular Hbond substituents is 1. The van der Waals surface area contributed by atoms with Crippen molar-refractivity contribution in [3.63, 3.8) is 0 Å². The monoisotopic (exact) mass is 533 g/mol. The Kier molecular flexibility index (Phi) is 6.30. The molecule has 1 saturated carbocycles. The van der Waals surface area contributed by atoms with E-state index in [4.69, 9.17) is 10.5 Å². The Balaban J connectivity index is 1.61. The Morgan fingerprint density at radius 3 is 2.54 bits per heavy atom. The second-order valence-corrected chi connectivity index (χ2v) is 10.2. The molecule has 39 heavy (non-hydrogen) atoms. The summed E-state index contributed by atoms with van der Waals surface area (Å²) in [5.74, 6) is -6.99. The largest absolute Gasteiger partial charge is 0.508 e. The maximum Gasteiger partial charge on any atom is 0.305 e. The summed E-state index contributed by atoms with van der Waals surface area (Å²) in [5, 5.41) is 44.1. The molecular formula is C29H27NO9. The second-order valence-electron chi connectivity index (χ2n) is 10.2. The van der Waals surface area contributed by atoms with Gasteiger partial charge >= 0.3 is 5.97 Å². The number of methoxy groups -OCH3 is 1. The number of hydrogen-bond acceptors (Lipinski definition) is 9. The zero-order chi connectivity index (χ0) is 28.2. The van der Waals surface area contributed by atoms with Crippen LogP contribution in [0.1, 0.15) is 36.0 Å². The average Bonchev–Trinajstić information content (AvgIpc) is 2.89. The smallest absolute Gasteiger partial charge is 0.305 e. The van der Waals surface area contributed by atoms with E-state index in [1.165, 1.54) is 13.2 Å². The van der Waals surface area contributed by atoms with Crippen LogP contribution < -0.4 is 5.73 Å². The number of aromatic hydroxyl groups is 1. The molecule has 0 radical (unpaired) electrons. The summed E-state index contributed by atoms with van der Waals surface area (Å²) in [5.41, 5.74) is 4.55. The van der Waals surface area contributed by atoms with E-state index < -0.39 is 52.0 Å². The summed E-state index contributed by atoms with van der Waals surface area (Å²) in [6.07, 6.45) is 0.525. The van der Waals surface area contributed by atoms with E-state index in [2.05, 4.69) is 0 Å². The van der Waals surface area contributed by atoms with Gasteiger partial charge in [0, 0.05) is 24.3 Å². The first-order valence-corrected chi connectivity index (χ1v) is 12.5. The Labute approximate surface area is 223 Å². The van der Waals surface area contributed by atoms with Crippen LogP contribution >= 0.6 is 0 Å². The summed E-state index contributed by atoms with van der Waals surface area (Å²) < 4.78 is 4.71. The molecule has 2 aromatic carbocycles. The van der Waals surface area contributed by atoms with Crippen LogP contribution in [-0.4, -0.2) is 56.6 Å². The molecule has 10 nitrogen and oxygen atoms in total. The third-order valence-corrected chi connectivity index (χ3v) is 8.03. The van der Waals surface area contributed by atoms with Gasteiger partial charge in [-0.15, -0.1) is 0 Å². The minimum atomic E-state index is -2.60. The van der Waals surface area contributed by atoms with E-state index in [0.29, 0.717) is 17.5 Å². The number of ether oxygens (including phenoxy) is 1. The van der Waals surface area contributed by atoms with Crippen molar-refractivity contribution in [3.05, 3.63) is 70.0 Å². The van der Waals surface area contributed by atoms with Crippen molar-refractivity contribution >= 4 is 29.2 Å². The number of phenols is 1. The van der Waals surface area contributed by atoms with Crippen LogP contribution in [0.2, 0.25) is 0 Å². The highest BCUT2D eigenvalue weighted by Gasteiger charge is 2.60. The summed E-state index contributed by atoms with van der Waals surface area (Å²) in [6, 6.07) is 10.5. The Hall–Kier alpha value is -4.44. The number of aliphatic hydroxyl groups is 3. The molecule has 5 rings (SSSR count). The molecule has 3 aliphatic carbocycles. The lowest BCUT2D eigenvalue weighted by Crippen LogP contribution is -2.58. The molecular weight excluding hydrogens is 506 g/mol. The molecule has 6 N–H and O–H groups in total. The fourth-order valence-corrected chi connectivity index (χ4v) is 6.13. The molecule has 1 fully saturated rings. The number of benzene rings is 2. The van der Waals surface area contributed by atoms with E-state index >= 15 is 0 Å². The number of rotatable bonds is 5. The molecule has 0 unspecified atom stereocenters.